The molecule has 85 heavy (non-hydrogen) atoms. The van der Waals surface area contributed by atoms with Gasteiger partial charge in [-0.25, -0.2) is 4.57 Å². The molecule has 0 aliphatic carbocycles. The van der Waals surface area contributed by atoms with Gasteiger partial charge < -0.3 is 20.1 Å². The zero-order valence-corrected chi connectivity index (χ0v) is 56.5. The number of carbonyl (C=O) groups excluding carboxylic acids is 2. The quantitative estimate of drug-likeness (QED) is 0.0264. The summed E-state index contributed by atoms with van der Waals surface area (Å²) in [6, 6.07) is 0. The SMILES string of the molecule is CC/C=C\C/C=C\C/C=C\C/C=C\C/C=C\CCCCCCCCCCCCCCCCCCCCCCCCCCCC(=O)OC(COC(=O)CCCCCCCCCCCCC/C=C\C/C=C\CCCCCCC)COP(=O)(O)OCCN. The van der Waals surface area contributed by atoms with Gasteiger partial charge in [-0.05, 0) is 89.9 Å². The molecule has 10 heteroatoms. The molecule has 0 aromatic carbocycles. The third-order valence-corrected chi connectivity index (χ3v) is 16.7. The average molecular weight is 1210 g/mol. The van der Waals surface area contributed by atoms with E-state index < -0.39 is 26.5 Å². The summed E-state index contributed by atoms with van der Waals surface area (Å²) in [6.07, 6.45) is 94.1. The molecule has 9 nitrogen and oxygen atoms in total. The van der Waals surface area contributed by atoms with Crippen molar-refractivity contribution in [2.75, 3.05) is 26.4 Å². The fourth-order valence-electron chi connectivity index (χ4n) is 10.5. The van der Waals surface area contributed by atoms with Gasteiger partial charge in [-0.1, -0.05) is 330 Å². The van der Waals surface area contributed by atoms with Crippen molar-refractivity contribution in [3.8, 4) is 0 Å². The minimum atomic E-state index is -4.39. The number of carbonyl (C=O) groups is 2. The summed E-state index contributed by atoms with van der Waals surface area (Å²) < 4.78 is 33.2. The van der Waals surface area contributed by atoms with Crippen molar-refractivity contribution in [2.45, 2.75) is 354 Å². The normalized spacial score (nSPS) is 13.4. The molecule has 0 bridgehead atoms. The second-order valence-electron chi connectivity index (χ2n) is 24.1. The molecule has 2 unspecified atom stereocenters. The van der Waals surface area contributed by atoms with Gasteiger partial charge in [-0.3, -0.25) is 18.6 Å². The van der Waals surface area contributed by atoms with E-state index in [0.717, 1.165) is 70.6 Å². The number of hydrogen-bond donors (Lipinski definition) is 2. The topological polar surface area (TPSA) is 134 Å². The van der Waals surface area contributed by atoms with Crippen molar-refractivity contribution in [1.82, 2.24) is 0 Å². The van der Waals surface area contributed by atoms with Gasteiger partial charge in [0.2, 0.25) is 0 Å². The van der Waals surface area contributed by atoms with Crippen LogP contribution in [0.3, 0.4) is 0 Å². The Morgan fingerprint density at radius 3 is 0.965 bits per heavy atom. The lowest BCUT2D eigenvalue weighted by atomic mass is 10.0. The highest BCUT2D eigenvalue weighted by molar-refractivity contribution is 7.47. The van der Waals surface area contributed by atoms with Gasteiger partial charge in [-0.2, -0.15) is 0 Å². The van der Waals surface area contributed by atoms with Crippen LogP contribution in [0.5, 0.6) is 0 Å². The van der Waals surface area contributed by atoms with E-state index in [-0.39, 0.29) is 38.6 Å². The molecule has 0 aliphatic rings. The number of hydrogen-bond acceptors (Lipinski definition) is 8. The lowest BCUT2D eigenvalue weighted by Crippen LogP contribution is -2.29. The maximum atomic E-state index is 12.8. The Labute approximate surface area is 525 Å². The molecule has 2 atom stereocenters. The summed E-state index contributed by atoms with van der Waals surface area (Å²) in [7, 11) is -4.39. The number of phosphoric ester groups is 1. The van der Waals surface area contributed by atoms with E-state index in [2.05, 4.69) is 98.9 Å². The highest BCUT2D eigenvalue weighted by Gasteiger charge is 2.26. The van der Waals surface area contributed by atoms with Crippen LogP contribution in [0.25, 0.3) is 0 Å². The van der Waals surface area contributed by atoms with E-state index in [1.165, 1.54) is 244 Å². The number of esters is 2. The van der Waals surface area contributed by atoms with Gasteiger partial charge in [0.1, 0.15) is 6.61 Å². The molecule has 3 N–H and O–H groups in total. The third-order valence-electron chi connectivity index (χ3n) is 15.8. The summed E-state index contributed by atoms with van der Waals surface area (Å²) in [6.45, 7) is 3.67. The summed E-state index contributed by atoms with van der Waals surface area (Å²) in [4.78, 5) is 35.4. The molecule has 0 spiro atoms. The number of phosphoric acid groups is 1. The Hall–Kier alpha value is -2.81. The predicted molar refractivity (Wildman–Crippen MR) is 367 cm³/mol. The summed E-state index contributed by atoms with van der Waals surface area (Å²) in [5.41, 5.74) is 5.40. The van der Waals surface area contributed by atoms with Crippen molar-refractivity contribution in [1.29, 1.82) is 0 Å². The van der Waals surface area contributed by atoms with Crippen LogP contribution in [0, 0.1) is 0 Å². The molecule has 0 aliphatic heterocycles. The summed E-state index contributed by atoms with van der Waals surface area (Å²) in [5.74, 6) is -0.815. The van der Waals surface area contributed by atoms with Crippen molar-refractivity contribution in [2.24, 2.45) is 5.73 Å². The summed E-state index contributed by atoms with van der Waals surface area (Å²) >= 11 is 0. The van der Waals surface area contributed by atoms with Crippen LogP contribution in [0.4, 0.5) is 0 Å². The Bertz CT molecular complexity index is 1670. The Morgan fingerprint density at radius 1 is 0.365 bits per heavy atom. The molecule has 0 amide bonds. The first-order valence-corrected chi connectivity index (χ1v) is 37.6. The number of allylic oxidation sites excluding steroid dienone is 14. The maximum absolute atomic E-state index is 12.8. The highest BCUT2D eigenvalue weighted by atomic mass is 31.2. The predicted octanol–water partition coefficient (Wildman–Crippen LogP) is 23.8. The van der Waals surface area contributed by atoms with Crippen LogP contribution in [0.1, 0.15) is 348 Å². The van der Waals surface area contributed by atoms with Crippen molar-refractivity contribution in [3.05, 3.63) is 85.1 Å². The zero-order valence-electron chi connectivity index (χ0n) is 55.6. The monoisotopic (exact) mass is 1210 g/mol. The van der Waals surface area contributed by atoms with E-state index in [0.29, 0.717) is 6.42 Å². The maximum Gasteiger partial charge on any atom is 0.472 e. The molecular weight excluding hydrogens is 1070 g/mol. The number of rotatable bonds is 68. The number of nitrogens with two attached hydrogens (primary N) is 1. The second-order valence-corrected chi connectivity index (χ2v) is 25.5. The minimum absolute atomic E-state index is 0.0532. The minimum Gasteiger partial charge on any atom is -0.462 e. The van der Waals surface area contributed by atoms with Crippen LogP contribution in [0.15, 0.2) is 85.1 Å². The molecule has 0 aromatic heterocycles. The first-order chi connectivity index (χ1) is 41.8. The van der Waals surface area contributed by atoms with Crippen molar-refractivity contribution in [3.63, 3.8) is 0 Å². The van der Waals surface area contributed by atoms with Gasteiger partial charge in [0.15, 0.2) is 6.10 Å². The largest absolute Gasteiger partial charge is 0.472 e. The molecule has 0 radical (unpaired) electrons. The van der Waals surface area contributed by atoms with E-state index in [1.807, 2.05) is 0 Å². The van der Waals surface area contributed by atoms with Crippen LogP contribution in [0.2, 0.25) is 0 Å². The van der Waals surface area contributed by atoms with Gasteiger partial charge in [0.05, 0.1) is 13.2 Å². The smallest absolute Gasteiger partial charge is 0.462 e. The van der Waals surface area contributed by atoms with E-state index in [1.54, 1.807) is 0 Å². The van der Waals surface area contributed by atoms with E-state index in [4.69, 9.17) is 24.3 Å². The molecule has 0 saturated heterocycles. The summed E-state index contributed by atoms with van der Waals surface area (Å²) in [5, 5.41) is 0. The molecule has 0 fully saturated rings. The Kier molecular flexibility index (Phi) is 68.0. The molecule has 0 heterocycles. The van der Waals surface area contributed by atoms with Gasteiger partial charge in [0.25, 0.3) is 0 Å². The van der Waals surface area contributed by atoms with Gasteiger partial charge in [0, 0.05) is 19.4 Å². The van der Waals surface area contributed by atoms with Crippen LogP contribution in [-0.2, 0) is 32.7 Å². The molecule has 0 rings (SSSR count). The molecule has 0 aromatic rings. The van der Waals surface area contributed by atoms with E-state index >= 15 is 0 Å². The van der Waals surface area contributed by atoms with Gasteiger partial charge >= 0.3 is 19.8 Å². The van der Waals surface area contributed by atoms with Crippen molar-refractivity contribution < 1.29 is 37.6 Å². The number of ether oxygens (including phenoxy) is 2. The fraction of sp³-hybridized carbons (Fsp3) is 0.787. The zero-order chi connectivity index (χ0) is 61.6. The lowest BCUT2D eigenvalue weighted by Gasteiger charge is -2.19. The first kappa shape index (κ1) is 82.2. The fourth-order valence-corrected chi connectivity index (χ4v) is 11.2. The average Bonchev–Trinajstić information content (AvgIpc) is 3.52. The molecule has 0 saturated carbocycles. The second kappa shape index (κ2) is 70.3. The Balaban J connectivity index is 3.78. The third kappa shape index (κ3) is 70.2. The molecule has 494 valence electrons. The number of unbranched alkanes of at least 4 members (excludes halogenated alkanes) is 41. The lowest BCUT2D eigenvalue weighted by molar-refractivity contribution is -0.161. The molecular formula is C75H136NO8P. The van der Waals surface area contributed by atoms with Crippen LogP contribution >= 0.6 is 7.82 Å². The van der Waals surface area contributed by atoms with Crippen LogP contribution < -0.4 is 5.73 Å². The van der Waals surface area contributed by atoms with Crippen molar-refractivity contribution >= 4 is 19.8 Å². The highest BCUT2D eigenvalue weighted by Crippen LogP contribution is 2.43. The van der Waals surface area contributed by atoms with Crippen LogP contribution in [-0.4, -0.2) is 49.3 Å². The standard InChI is InChI=1S/C75H136NO8P/c1-3-5-7-9-11-13-15-17-19-21-23-25-27-28-29-30-31-32-33-34-35-36-37-38-39-40-41-42-43-44-46-48-50-52-54-56-58-60-62-64-66-68-75(78)84-73(72-83-85(79,80)82-70-69-76)71-81-74(77)67-65-63-61-59-57-55-53-51-49-47-45-26-24-22-20-18-16-14-12-10-8-6-4-2/h5,7,11,13,16-19,22-25,28-29,73H,3-4,6,8-10,12,14-15,20-21,26-27,30-72,76H2,1-2H3,(H,79,80)/b7-5-,13-11-,18-16-,19-17-,24-22-,25-23-,29-28-. The Morgan fingerprint density at radius 2 is 0.647 bits per heavy atom. The first-order valence-electron chi connectivity index (χ1n) is 36.1. The van der Waals surface area contributed by atoms with E-state index in [9.17, 15) is 19.0 Å². The van der Waals surface area contributed by atoms with Gasteiger partial charge in [-0.15, -0.1) is 0 Å².